The second-order valence-electron chi connectivity index (χ2n) is 8.27. The summed E-state index contributed by atoms with van der Waals surface area (Å²) in [6.45, 7) is 2.26. The monoisotopic (exact) mass is 455 g/mol. The summed E-state index contributed by atoms with van der Waals surface area (Å²) in [7, 11) is 0. The van der Waals surface area contributed by atoms with Crippen molar-refractivity contribution in [2.75, 3.05) is 18.1 Å². The second kappa shape index (κ2) is 9.02. The minimum absolute atomic E-state index is 0.0602. The number of phenols is 1. The van der Waals surface area contributed by atoms with Crippen LogP contribution in [0.25, 0.3) is 11.0 Å². The molecule has 2 heterocycles. The van der Waals surface area contributed by atoms with Gasteiger partial charge in [0.25, 0.3) is 0 Å². The molecule has 2 unspecified atom stereocenters. The number of fused-ring (bicyclic) bond motifs is 3. The van der Waals surface area contributed by atoms with Crippen LogP contribution in [-0.2, 0) is 20.7 Å². The largest absolute Gasteiger partial charge is 0.508 e. The van der Waals surface area contributed by atoms with Gasteiger partial charge < -0.3 is 14.4 Å². The van der Waals surface area contributed by atoms with Crippen molar-refractivity contribution in [1.29, 1.82) is 0 Å². The molecule has 1 aliphatic rings. The fourth-order valence-electron chi connectivity index (χ4n) is 4.65. The van der Waals surface area contributed by atoms with Gasteiger partial charge in [0, 0.05) is 6.54 Å². The Kier molecular flexibility index (Phi) is 5.76. The third-order valence-corrected chi connectivity index (χ3v) is 6.16. The number of carbonyl (C=O) groups excluding carboxylic acids is 2. The highest BCUT2D eigenvalue weighted by Crippen LogP contribution is 2.41. The molecule has 2 atom stereocenters. The molecule has 1 amide bonds. The minimum Gasteiger partial charge on any atom is -0.508 e. The number of para-hydroxylation sites is 2. The van der Waals surface area contributed by atoms with E-state index >= 15 is 0 Å². The Morgan fingerprint density at radius 2 is 1.79 bits per heavy atom. The summed E-state index contributed by atoms with van der Waals surface area (Å²) < 4.78 is 7.29. The third-order valence-electron chi connectivity index (χ3n) is 6.16. The van der Waals surface area contributed by atoms with Gasteiger partial charge >= 0.3 is 5.97 Å². The van der Waals surface area contributed by atoms with Gasteiger partial charge in [-0.2, -0.15) is 0 Å². The molecular formula is C27H25N3O4. The quantitative estimate of drug-likeness (QED) is 0.350. The number of aromatic nitrogens is 2. The lowest BCUT2D eigenvalue weighted by Gasteiger charge is -2.38. The highest BCUT2D eigenvalue weighted by molar-refractivity contribution is 6.08. The first kappa shape index (κ1) is 21.7. The average Bonchev–Trinajstić information content (AvgIpc) is 3.22. The fraction of sp³-hybridized carbons (Fsp3) is 0.222. The van der Waals surface area contributed by atoms with Crippen LogP contribution in [-0.4, -0.2) is 39.7 Å². The number of aromatic hydroxyl groups is 1. The smallest absolute Gasteiger partial charge is 0.321 e. The molecular weight excluding hydrogens is 430 g/mol. The Bertz CT molecular complexity index is 1350. The fourth-order valence-corrected chi connectivity index (χ4v) is 4.65. The normalized spacial score (nSPS) is 17.6. The number of hydrogen-bond acceptors (Lipinski definition) is 5. The van der Waals surface area contributed by atoms with Crippen LogP contribution < -0.4 is 4.90 Å². The van der Waals surface area contributed by atoms with Crippen LogP contribution >= 0.6 is 0 Å². The summed E-state index contributed by atoms with van der Waals surface area (Å²) in [5.41, 5.74) is 3.25. The number of esters is 1. The number of rotatable bonds is 6. The van der Waals surface area contributed by atoms with E-state index in [-0.39, 0.29) is 18.3 Å². The lowest BCUT2D eigenvalue weighted by Crippen LogP contribution is -2.50. The highest BCUT2D eigenvalue weighted by Gasteiger charge is 2.47. The van der Waals surface area contributed by atoms with Gasteiger partial charge in [-0.3, -0.25) is 14.5 Å². The Labute approximate surface area is 197 Å². The average molecular weight is 456 g/mol. The molecule has 0 radical (unpaired) electrons. The standard InChI is InChI=1S/C27H25N3O4/c1-2-34-26(33)23-24(19-11-8-12-20(31)17-19)30-22-14-7-6-13-21(22)28-27(30)29(25(23)32)16-15-18-9-4-3-5-10-18/h3-14,17,23-24,31H,2,15-16H2,1H3. The van der Waals surface area contributed by atoms with Gasteiger partial charge in [0.1, 0.15) is 5.75 Å². The minimum atomic E-state index is -1.11. The molecule has 0 aliphatic carbocycles. The highest BCUT2D eigenvalue weighted by atomic mass is 16.5. The van der Waals surface area contributed by atoms with E-state index in [0.717, 1.165) is 16.6 Å². The Hall–Kier alpha value is -4.13. The zero-order valence-corrected chi connectivity index (χ0v) is 18.8. The summed E-state index contributed by atoms with van der Waals surface area (Å²) in [6.07, 6.45) is 0.613. The third kappa shape index (κ3) is 3.79. The first-order valence-electron chi connectivity index (χ1n) is 11.4. The van der Waals surface area contributed by atoms with Crippen LogP contribution in [0.3, 0.4) is 0 Å². The number of hydrogen-bond donors (Lipinski definition) is 1. The summed E-state index contributed by atoms with van der Waals surface area (Å²) in [5, 5.41) is 10.2. The van der Waals surface area contributed by atoms with Gasteiger partial charge in [0.05, 0.1) is 23.7 Å². The summed E-state index contributed by atoms with van der Waals surface area (Å²) in [4.78, 5) is 33.5. The molecule has 5 rings (SSSR count). The zero-order chi connectivity index (χ0) is 23.7. The van der Waals surface area contributed by atoms with Crippen molar-refractivity contribution in [2.45, 2.75) is 19.4 Å². The van der Waals surface area contributed by atoms with Gasteiger partial charge in [0.2, 0.25) is 11.9 Å². The van der Waals surface area contributed by atoms with Crippen LogP contribution in [0.4, 0.5) is 5.95 Å². The van der Waals surface area contributed by atoms with Crippen molar-refractivity contribution >= 4 is 28.9 Å². The van der Waals surface area contributed by atoms with Gasteiger partial charge in [-0.1, -0.05) is 54.6 Å². The van der Waals surface area contributed by atoms with E-state index in [0.29, 0.717) is 24.5 Å². The maximum atomic E-state index is 13.9. The number of benzene rings is 3. The molecule has 0 saturated carbocycles. The molecule has 34 heavy (non-hydrogen) atoms. The first-order chi connectivity index (χ1) is 16.6. The van der Waals surface area contributed by atoms with Gasteiger partial charge in [-0.05, 0) is 48.7 Å². The van der Waals surface area contributed by atoms with Crippen molar-refractivity contribution < 1.29 is 19.4 Å². The van der Waals surface area contributed by atoms with Gasteiger partial charge in [0.15, 0.2) is 5.92 Å². The van der Waals surface area contributed by atoms with E-state index in [1.54, 1.807) is 30.0 Å². The zero-order valence-electron chi connectivity index (χ0n) is 18.8. The Morgan fingerprint density at radius 3 is 2.56 bits per heavy atom. The molecule has 0 saturated heterocycles. The van der Waals surface area contributed by atoms with Crippen LogP contribution in [0, 0.1) is 5.92 Å². The van der Waals surface area contributed by atoms with Crippen molar-refractivity contribution in [2.24, 2.45) is 5.92 Å². The number of phenolic OH excluding ortho intramolecular Hbond substituents is 1. The lowest BCUT2D eigenvalue weighted by atomic mass is 9.89. The summed E-state index contributed by atoms with van der Waals surface area (Å²) >= 11 is 0. The number of anilines is 1. The van der Waals surface area contributed by atoms with Crippen molar-refractivity contribution in [3.8, 4) is 5.75 Å². The Morgan fingerprint density at radius 1 is 1.03 bits per heavy atom. The van der Waals surface area contributed by atoms with Gasteiger partial charge in [-0.15, -0.1) is 0 Å². The molecule has 0 bridgehead atoms. The molecule has 0 fully saturated rings. The van der Waals surface area contributed by atoms with Crippen LogP contribution in [0.5, 0.6) is 5.75 Å². The number of carbonyl (C=O) groups is 2. The molecule has 172 valence electrons. The molecule has 7 nitrogen and oxygen atoms in total. The molecule has 7 heteroatoms. The van der Waals surface area contributed by atoms with Crippen LogP contribution in [0.2, 0.25) is 0 Å². The lowest BCUT2D eigenvalue weighted by molar-refractivity contribution is -0.153. The number of imidazole rings is 1. The maximum absolute atomic E-state index is 13.9. The van der Waals surface area contributed by atoms with E-state index in [1.807, 2.05) is 65.2 Å². The summed E-state index contributed by atoms with van der Waals surface area (Å²) in [5.74, 6) is -1.51. The molecule has 4 aromatic rings. The van der Waals surface area contributed by atoms with Crippen molar-refractivity contribution in [1.82, 2.24) is 9.55 Å². The molecule has 1 aromatic heterocycles. The van der Waals surface area contributed by atoms with E-state index in [2.05, 4.69) is 0 Å². The number of amides is 1. The van der Waals surface area contributed by atoms with E-state index < -0.39 is 17.9 Å². The van der Waals surface area contributed by atoms with E-state index in [4.69, 9.17) is 9.72 Å². The maximum Gasteiger partial charge on any atom is 0.321 e. The van der Waals surface area contributed by atoms with Crippen LogP contribution in [0.1, 0.15) is 24.1 Å². The first-order valence-corrected chi connectivity index (χ1v) is 11.4. The molecule has 0 spiro atoms. The molecule has 1 aliphatic heterocycles. The van der Waals surface area contributed by atoms with Crippen molar-refractivity contribution in [3.63, 3.8) is 0 Å². The van der Waals surface area contributed by atoms with Crippen molar-refractivity contribution in [3.05, 3.63) is 90.0 Å². The topological polar surface area (TPSA) is 84.7 Å². The molecule has 1 N–H and O–H groups in total. The van der Waals surface area contributed by atoms with E-state index in [9.17, 15) is 14.7 Å². The summed E-state index contributed by atoms with van der Waals surface area (Å²) in [6, 6.07) is 23.5. The van der Waals surface area contributed by atoms with Crippen LogP contribution in [0.15, 0.2) is 78.9 Å². The number of ether oxygens (including phenoxy) is 1. The Balaban J connectivity index is 1.69. The predicted octanol–water partition coefficient (Wildman–Crippen LogP) is 4.10. The SMILES string of the molecule is CCOC(=O)C1C(=O)N(CCc2ccccc2)c2nc3ccccc3n2C1c1cccc(O)c1. The van der Waals surface area contributed by atoms with Gasteiger partial charge in [-0.25, -0.2) is 4.98 Å². The number of nitrogens with zero attached hydrogens (tertiary/aromatic N) is 3. The predicted molar refractivity (Wildman–Crippen MR) is 129 cm³/mol. The second-order valence-corrected chi connectivity index (χ2v) is 8.27. The van der Waals surface area contributed by atoms with E-state index in [1.165, 1.54) is 0 Å². The molecule has 3 aromatic carbocycles.